The van der Waals surface area contributed by atoms with Gasteiger partial charge in [0.1, 0.15) is 0 Å². The van der Waals surface area contributed by atoms with Crippen molar-refractivity contribution >= 4 is 11.8 Å². The number of amides is 2. The molecule has 1 saturated heterocycles. The normalized spacial score (nSPS) is 23.0. The number of aliphatic hydroxyl groups is 1. The van der Waals surface area contributed by atoms with Crippen molar-refractivity contribution in [1.29, 1.82) is 0 Å². The Kier molecular flexibility index (Phi) is 5.37. The first-order valence-corrected chi connectivity index (χ1v) is 7.35. The highest BCUT2D eigenvalue weighted by Gasteiger charge is 2.39. The number of rotatable bonds is 7. The Morgan fingerprint density at radius 3 is 2.80 bits per heavy atom. The van der Waals surface area contributed by atoms with E-state index >= 15 is 0 Å². The number of likely N-dealkylation sites (tertiary alicyclic amines) is 1. The molecule has 20 heavy (non-hydrogen) atoms. The number of hydrogen-bond donors (Lipinski definition) is 1. The molecule has 2 aliphatic rings. The average Bonchev–Trinajstić information content (AvgIpc) is 2.74. The summed E-state index contributed by atoms with van der Waals surface area (Å²) >= 11 is 0. The largest absolute Gasteiger partial charge is 0.395 e. The van der Waals surface area contributed by atoms with Gasteiger partial charge in [0.25, 0.3) is 0 Å². The molecule has 2 amide bonds. The Morgan fingerprint density at radius 2 is 2.25 bits per heavy atom. The third-order valence-corrected chi connectivity index (χ3v) is 4.27. The van der Waals surface area contributed by atoms with Crippen LogP contribution in [0.5, 0.6) is 0 Å². The van der Waals surface area contributed by atoms with Crippen LogP contribution in [0.1, 0.15) is 25.7 Å². The number of aliphatic hydroxyl groups excluding tert-OH is 1. The van der Waals surface area contributed by atoms with Crippen LogP contribution in [0.2, 0.25) is 0 Å². The van der Waals surface area contributed by atoms with Gasteiger partial charge >= 0.3 is 0 Å². The van der Waals surface area contributed by atoms with E-state index in [1.807, 2.05) is 0 Å². The fourth-order valence-electron chi connectivity index (χ4n) is 2.87. The predicted octanol–water partition coefficient (Wildman–Crippen LogP) is -0.145. The molecule has 0 aromatic carbocycles. The molecule has 6 nitrogen and oxygen atoms in total. The third-order valence-electron chi connectivity index (χ3n) is 4.27. The van der Waals surface area contributed by atoms with Gasteiger partial charge in [-0.05, 0) is 19.3 Å². The molecule has 0 radical (unpaired) electrons. The number of nitrogens with zero attached hydrogens (tertiary/aromatic N) is 2. The molecule has 0 aromatic heterocycles. The van der Waals surface area contributed by atoms with E-state index in [1.54, 1.807) is 16.9 Å². The van der Waals surface area contributed by atoms with Crippen molar-refractivity contribution in [2.24, 2.45) is 5.92 Å². The van der Waals surface area contributed by atoms with Crippen LogP contribution in [-0.2, 0) is 14.3 Å². The van der Waals surface area contributed by atoms with Gasteiger partial charge in [-0.1, -0.05) is 0 Å². The minimum absolute atomic E-state index is 0.0176. The Balaban J connectivity index is 1.92. The molecule has 0 bridgehead atoms. The van der Waals surface area contributed by atoms with Crippen LogP contribution in [0.25, 0.3) is 0 Å². The minimum atomic E-state index is -0.258. The number of methoxy groups -OCH3 is 1. The summed E-state index contributed by atoms with van der Waals surface area (Å²) in [4.78, 5) is 27.9. The van der Waals surface area contributed by atoms with E-state index in [9.17, 15) is 9.59 Å². The van der Waals surface area contributed by atoms with Crippen molar-refractivity contribution < 1.29 is 19.4 Å². The van der Waals surface area contributed by atoms with Crippen molar-refractivity contribution in [1.82, 2.24) is 9.80 Å². The summed E-state index contributed by atoms with van der Waals surface area (Å²) in [7, 11) is 1.60. The first kappa shape index (κ1) is 15.3. The van der Waals surface area contributed by atoms with Gasteiger partial charge in [0, 0.05) is 39.2 Å². The van der Waals surface area contributed by atoms with E-state index in [0.717, 1.165) is 19.3 Å². The first-order chi connectivity index (χ1) is 9.67. The molecule has 1 saturated carbocycles. The molecule has 0 aromatic rings. The Morgan fingerprint density at radius 1 is 1.50 bits per heavy atom. The second kappa shape index (κ2) is 7.04. The summed E-state index contributed by atoms with van der Waals surface area (Å²) in [6.07, 6.45) is 3.46. The first-order valence-electron chi connectivity index (χ1n) is 7.35. The number of carbonyl (C=O) groups is 2. The van der Waals surface area contributed by atoms with Gasteiger partial charge < -0.3 is 19.6 Å². The minimum Gasteiger partial charge on any atom is -0.395 e. The van der Waals surface area contributed by atoms with Crippen molar-refractivity contribution in [3.05, 3.63) is 0 Å². The van der Waals surface area contributed by atoms with Crippen LogP contribution in [0.4, 0.5) is 0 Å². The highest BCUT2D eigenvalue weighted by Crippen LogP contribution is 2.28. The van der Waals surface area contributed by atoms with E-state index in [-0.39, 0.29) is 36.8 Å². The van der Waals surface area contributed by atoms with Crippen LogP contribution in [0, 0.1) is 5.92 Å². The van der Waals surface area contributed by atoms with Crippen LogP contribution >= 0.6 is 0 Å². The zero-order chi connectivity index (χ0) is 14.5. The Labute approximate surface area is 119 Å². The lowest BCUT2D eigenvalue weighted by Crippen LogP contribution is -2.48. The van der Waals surface area contributed by atoms with E-state index in [1.165, 1.54) is 0 Å². The fraction of sp³-hybridized carbons (Fsp3) is 0.857. The second-order valence-corrected chi connectivity index (χ2v) is 5.57. The summed E-state index contributed by atoms with van der Waals surface area (Å²) in [6, 6.07) is 0.262. The van der Waals surface area contributed by atoms with Gasteiger partial charge in [0.2, 0.25) is 11.8 Å². The zero-order valence-electron chi connectivity index (χ0n) is 12.1. The quantitative estimate of drug-likeness (QED) is 0.706. The molecule has 1 heterocycles. The molecule has 114 valence electrons. The highest BCUT2D eigenvalue weighted by molar-refractivity contribution is 5.89. The molecule has 1 atom stereocenters. The number of ether oxygens (including phenoxy) is 1. The lowest BCUT2D eigenvalue weighted by Gasteiger charge is -2.38. The van der Waals surface area contributed by atoms with Crippen LogP contribution in [0.3, 0.4) is 0 Å². The van der Waals surface area contributed by atoms with Crippen LogP contribution in [-0.4, -0.2) is 72.7 Å². The SMILES string of the molecule is COCCN1CC(C(=O)N(CCO)C2CCC2)CC1=O. The standard InChI is InChI=1S/C14H24N2O4/c1-20-8-6-15-10-11(9-13(15)18)14(19)16(5-7-17)12-3-2-4-12/h11-12,17H,2-10H2,1H3. The summed E-state index contributed by atoms with van der Waals surface area (Å²) in [5, 5.41) is 9.13. The maximum atomic E-state index is 12.5. The molecular weight excluding hydrogens is 260 g/mol. The lowest BCUT2D eigenvalue weighted by atomic mass is 9.90. The van der Waals surface area contributed by atoms with Gasteiger partial charge in [-0.2, -0.15) is 0 Å². The van der Waals surface area contributed by atoms with Crippen molar-refractivity contribution in [2.75, 3.05) is 40.0 Å². The number of hydrogen-bond acceptors (Lipinski definition) is 4. The molecule has 1 unspecified atom stereocenters. The summed E-state index contributed by atoms with van der Waals surface area (Å²) in [6.45, 7) is 1.89. The van der Waals surface area contributed by atoms with Crippen molar-refractivity contribution in [3.8, 4) is 0 Å². The smallest absolute Gasteiger partial charge is 0.228 e. The van der Waals surface area contributed by atoms with Gasteiger partial charge in [-0.15, -0.1) is 0 Å². The van der Waals surface area contributed by atoms with E-state index < -0.39 is 0 Å². The van der Waals surface area contributed by atoms with Crippen molar-refractivity contribution in [2.45, 2.75) is 31.7 Å². The molecule has 1 aliphatic heterocycles. The zero-order valence-corrected chi connectivity index (χ0v) is 12.1. The van der Waals surface area contributed by atoms with Crippen LogP contribution in [0.15, 0.2) is 0 Å². The maximum absolute atomic E-state index is 12.5. The van der Waals surface area contributed by atoms with Gasteiger partial charge in [0.05, 0.1) is 19.1 Å². The van der Waals surface area contributed by atoms with E-state index in [0.29, 0.717) is 26.2 Å². The Bertz CT molecular complexity index is 357. The average molecular weight is 284 g/mol. The predicted molar refractivity (Wildman–Crippen MR) is 73.0 cm³/mol. The van der Waals surface area contributed by atoms with E-state index in [2.05, 4.69) is 0 Å². The molecule has 1 aliphatic carbocycles. The molecule has 6 heteroatoms. The Hall–Kier alpha value is -1.14. The summed E-state index contributed by atoms with van der Waals surface area (Å²) in [5.74, 6) is -0.207. The summed E-state index contributed by atoms with van der Waals surface area (Å²) < 4.78 is 4.98. The molecule has 2 rings (SSSR count). The molecular formula is C14H24N2O4. The lowest BCUT2D eigenvalue weighted by molar-refractivity contribution is -0.140. The van der Waals surface area contributed by atoms with Gasteiger partial charge in [-0.25, -0.2) is 0 Å². The topological polar surface area (TPSA) is 70.1 Å². The van der Waals surface area contributed by atoms with Crippen molar-refractivity contribution in [3.63, 3.8) is 0 Å². The highest BCUT2D eigenvalue weighted by atomic mass is 16.5. The maximum Gasteiger partial charge on any atom is 0.228 e. The number of carbonyl (C=O) groups excluding carboxylic acids is 2. The molecule has 2 fully saturated rings. The molecule has 1 N–H and O–H groups in total. The monoisotopic (exact) mass is 284 g/mol. The molecule has 0 spiro atoms. The fourth-order valence-corrected chi connectivity index (χ4v) is 2.87. The summed E-state index contributed by atoms with van der Waals surface area (Å²) in [5.41, 5.74) is 0. The van der Waals surface area contributed by atoms with Gasteiger partial charge in [0.15, 0.2) is 0 Å². The second-order valence-electron chi connectivity index (χ2n) is 5.57. The third kappa shape index (κ3) is 3.30. The van der Waals surface area contributed by atoms with E-state index in [4.69, 9.17) is 9.84 Å². The van der Waals surface area contributed by atoms with Gasteiger partial charge in [-0.3, -0.25) is 9.59 Å². The van der Waals surface area contributed by atoms with Crippen LogP contribution < -0.4 is 0 Å².